The smallest absolute Gasteiger partial charge is 0.326 e. The number of hydrogen-bond donors (Lipinski definition) is 1. The van der Waals surface area contributed by atoms with Gasteiger partial charge in [0, 0.05) is 12.0 Å². The van der Waals surface area contributed by atoms with Crippen LogP contribution >= 0.6 is 0 Å². The number of nitrogens with zero attached hydrogens (tertiary/aromatic N) is 1. The van der Waals surface area contributed by atoms with Crippen LogP contribution in [-0.2, 0) is 9.59 Å². The molecule has 0 aromatic heterocycles. The van der Waals surface area contributed by atoms with E-state index in [1.165, 1.54) is 6.42 Å². The average molecular weight is 267 g/mol. The molecule has 108 valence electrons. The first-order valence-electron chi connectivity index (χ1n) is 7.48. The average Bonchev–Trinajstić information content (AvgIpc) is 2.76. The molecule has 2 rings (SSSR count). The number of rotatable bonds is 3. The number of carboxylic acid groups (broad SMARTS) is 1. The van der Waals surface area contributed by atoms with Gasteiger partial charge in [-0.3, -0.25) is 4.79 Å². The van der Waals surface area contributed by atoms with Gasteiger partial charge >= 0.3 is 5.97 Å². The fourth-order valence-corrected chi connectivity index (χ4v) is 3.52. The van der Waals surface area contributed by atoms with Gasteiger partial charge in [-0.05, 0) is 31.1 Å². The number of carbonyl (C=O) groups is 2. The van der Waals surface area contributed by atoms with E-state index >= 15 is 0 Å². The normalized spacial score (nSPS) is 32.2. The molecule has 1 heterocycles. The van der Waals surface area contributed by atoms with Gasteiger partial charge in [-0.2, -0.15) is 0 Å². The molecule has 19 heavy (non-hydrogen) atoms. The molecule has 1 N–H and O–H groups in total. The van der Waals surface area contributed by atoms with Crippen molar-refractivity contribution in [1.82, 2.24) is 4.90 Å². The fourth-order valence-electron chi connectivity index (χ4n) is 3.52. The minimum Gasteiger partial charge on any atom is -0.480 e. The maximum atomic E-state index is 12.6. The number of carboxylic acids is 1. The van der Waals surface area contributed by atoms with Crippen LogP contribution in [0.2, 0.25) is 0 Å². The van der Waals surface area contributed by atoms with Crippen molar-refractivity contribution in [2.24, 2.45) is 17.8 Å². The monoisotopic (exact) mass is 267 g/mol. The summed E-state index contributed by atoms with van der Waals surface area (Å²) in [6.07, 6.45) is 5.00. The Morgan fingerprint density at radius 3 is 2.37 bits per heavy atom. The van der Waals surface area contributed by atoms with Gasteiger partial charge in [0.15, 0.2) is 0 Å². The molecule has 4 atom stereocenters. The van der Waals surface area contributed by atoms with Crippen LogP contribution in [-0.4, -0.2) is 34.0 Å². The minimum atomic E-state index is -0.835. The molecule has 4 heteroatoms. The molecule has 4 nitrogen and oxygen atoms in total. The molecular formula is C15H25NO3. The predicted molar refractivity (Wildman–Crippen MR) is 72.6 cm³/mol. The number of hydrogen-bond acceptors (Lipinski definition) is 2. The summed E-state index contributed by atoms with van der Waals surface area (Å²) in [5.74, 6) is -0.235. The summed E-state index contributed by atoms with van der Waals surface area (Å²) in [4.78, 5) is 25.8. The molecule has 0 radical (unpaired) electrons. The molecule has 2 aliphatic rings. The number of amides is 1. The zero-order valence-electron chi connectivity index (χ0n) is 12.1. The van der Waals surface area contributed by atoms with Crippen LogP contribution < -0.4 is 0 Å². The Morgan fingerprint density at radius 1 is 1.16 bits per heavy atom. The molecule has 0 spiro atoms. The lowest BCUT2D eigenvalue weighted by molar-refractivity contribution is -0.152. The van der Waals surface area contributed by atoms with E-state index in [0.29, 0.717) is 12.3 Å². The van der Waals surface area contributed by atoms with Crippen LogP contribution in [0.4, 0.5) is 0 Å². The first-order valence-corrected chi connectivity index (χ1v) is 7.48. The molecule has 4 unspecified atom stereocenters. The minimum absolute atomic E-state index is 0.0387. The van der Waals surface area contributed by atoms with Crippen molar-refractivity contribution in [2.75, 3.05) is 0 Å². The number of fused-ring (bicyclic) bond motifs is 1. The van der Waals surface area contributed by atoms with Crippen molar-refractivity contribution in [3.8, 4) is 0 Å². The van der Waals surface area contributed by atoms with Gasteiger partial charge in [-0.15, -0.1) is 0 Å². The number of likely N-dealkylation sites (tertiary alicyclic amines) is 1. The highest BCUT2D eigenvalue weighted by atomic mass is 16.4. The van der Waals surface area contributed by atoms with Crippen LogP contribution in [0.1, 0.15) is 52.9 Å². The summed E-state index contributed by atoms with van der Waals surface area (Å²) in [6, 6.07) is -0.426. The largest absolute Gasteiger partial charge is 0.480 e. The Morgan fingerprint density at radius 2 is 1.79 bits per heavy atom. The lowest BCUT2D eigenvalue weighted by Crippen LogP contribution is -2.49. The van der Waals surface area contributed by atoms with E-state index in [2.05, 4.69) is 0 Å². The van der Waals surface area contributed by atoms with Gasteiger partial charge in [-0.25, -0.2) is 4.79 Å². The van der Waals surface area contributed by atoms with Crippen LogP contribution in [0.5, 0.6) is 0 Å². The molecule has 1 saturated heterocycles. The lowest BCUT2D eigenvalue weighted by Gasteiger charge is -2.35. The summed E-state index contributed by atoms with van der Waals surface area (Å²) in [6.45, 7) is 5.96. The Bertz CT molecular complexity index is 366. The van der Waals surface area contributed by atoms with Crippen LogP contribution in [0.15, 0.2) is 0 Å². The summed E-state index contributed by atoms with van der Waals surface area (Å²) in [7, 11) is 0. The third kappa shape index (κ3) is 2.63. The highest BCUT2D eigenvalue weighted by Gasteiger charge is 2.48. The van der Waals surface area contributed by atoms with E-state index in [9.17, 15) is 14.7 Å². The highest BCUT2D eigenvalue weighted by molar-refractivity contribution is 5.86. The molecule has 0 aromatic carbocycles. The van der Waals surface area contributed by atoms with Crippen molar-refractivity contribution in [1.29, 1.82) is 0 Å². The topological polar surface area (TPSA) is 57.6 Å². The standard InChI is InChI=1S/C15H25NO3/c1-9(2)10(3)14(17)16-12-7-5-4-6-11(12)8-13(16)15(18)19/h9-13H,4-8H2,1-3H3,(H,18,19). The molecule has 2 fully saturated rings. The van der Waals surface area contributed by atoms with E-state index in [1.807, 2.05) is 20.8 Å². The summed E-state index contributed by atoms with van der Waals surface area (Å²) >= 11 is 0. The van der Waals surface area contributed by atoms with E-state index in [-0.39, 0.29) is 23.8 Å². The molecule has 0 aromatic rings. The molecule has 1 aliphatic heterocycles. The van der Waals surface area contributed by atoms with Gasteiger partial charge in [0.05, 0.1) is 0 Å². The molecule has 1 aliphatic carbocycles. The second-order valence-corrected chi connectivity index (χ2v) is 6.48. The van der Waals surface area contributed by atoms with Crippen molar-refractivity contribution >= 4 is 11.9 Å². The maximum Gasteiger partial charge on any atom is 0.326 e. The van der Waals surface area contributed by atoms with E-state index < -0.39 is 12.0 Å². The first-order chi connectivity index (χ1) is 8.93. The van der Waals surface area contributed by atoms with E-state index in [1.54, 1.807) is 4.90 Å². The van der Waals surface area contributed by atoms with Crippen molar-refractivity contribution in [2.45, 2.75) is 65.0 Å². The van der Waals surface area contributed by atoms with Crippen LogP contribution in [0, 0.1) is 17.8 Å². The Kier molecular flexibility index (Phi) is 4.16. The van der Waals surface area contributed by atoms with Crippen molar-refractivity contribution in [3.63, 3.8) is 0 Å². The highest BCUT2D eigenvalue weighted by Crippen LogP contribution is 2.40. The third-order valence-corrected chi connectivity index (χ3v) is 5.02. The first kappa shape index (κ1) is 14.4. The molecule has 1 amide bonds. The van der Waals surface area contributed by atoms with Gasteiger partial charge in [0.2, 0.25) is 5.91 Å². The second-order valence-electron chi connectivity index (χ2n) is 6.48. The number of aliphatic carboxylic acids is 1. The van der Waals surface area contributed by atoms with Crippen LogP contribution in [0.25, 0.3) is 0 Å². The maximum absolute atomic E-state index is 12.6. The van der Waals surface area contributed by atoms with Crippen molar-refractivity contribution in [3.05, 3.63) is 0 Å². The van der Waals surface area contributed by atoms with Gasteiger partial charge in [-0.1, -0.05) is 33.6 Å². The Hall–Kier alpha value is -1.06. The fraction of sp³-hybridized carbons (Fsp3) is 0.867. The Labute approximate surface area is 115 Å². The zero-order valence-corrected chi connectivity index (χ0v) is 12.1. The van der Waals surface area contributed by atoms with Crippen molar-refractivity contribution < 1.29 is 14.7 Å². The molecule has 1 saturated carbocycles. The van der Waals surface area contributed by atoms with Gasteiger partial charge in [0.1, 0.15) is 6.04 Å². The van der Waals surface area contributed by atoms with E-state index in [0.717, 1.165) is 19.3 Å². The Balaban J connectivity index is 2.22. The lowest BCUT2D eigenvalue weighted by atomic mass is 9.84. The predicted octanol–water partition coefficient (Wildman–Crippen LogP) is 2.52. The van der Waals surface area contributed by atoms with Gasteiger partial charge < -0.3 is 10.0 Å². The van der Waals surface area contributed by atoms with Crippen LogP contribution in [0.3, 0.4) is 0 Å². The quantitative estimate of drug-likeness (QED) is 0.854. The number of carbonyl (C=O) groups excluding carboxylic acids is 1. The zero-order chi connectivity index (χ0) is 14.2. The summed E-state index contributed by atoms with van der Waals surface area (Å²) in [5, 5.41) is 9.41. The van der Waals surface area contributed by atoms with E-state index in [4.69, 9.17) is 0 Å². The second kappa shape index (κ2) is 5.51. The van der Waals surface area contributed by atoms with Gasteiger partial charge in [0.25, 0.3) is 0 Å². The molecule has 0 bridgehead atoms. The summed E-state index contributed by atoms with van der Waals surface area (Å²) in [5.41, 5.74) is 0. The SMILES string of the molecule is CC(C)C(C)C(=O)N1C(C(=O)O)CC2CCCCC21. The molecular weight excluding hydrogens is 242 g/mol. The third-order valence-electron chi connectivity index (χ3n) is 5.02. The summed E-state index contributed by atoms with van der Waals surface area (Å²) < 4.78 is 0.